The van der Waals surface area contributed by atoms with Crippen LogP contribution in [-0.4, -0.2) is 57.8 Å². The molecule has 0 atom stereocenters. The number of ether oxygens (including phenoxy) is 1. The molecule has 180 valence electrons. The second kappa shape index (κ2) is 9.87. The molecule has 2 amide bonds. The van der Waals surface area contributed by atoms with E-state index in [1.165, 1.54) is 36.0 Å². The zero-order valence-corrected chi connectivity index (χ0v) is 21.0. The Bertz CT molecular complexity index is 1100. The van der Waals surface area contributed by atoms with E-state index in [1.54, 1.807) is 16.2 Å². The fraction of sp³-hybridized carbons (Fsp3) is 0.417. The molecule has 3 heterocycles. The summed E-state index contributed by atoms with van der Waals surface area (Å²) in [7, 11) is 0. The Labute approximate surface area is 206 Å². The van der Waals surface area contributed by atoms with E-state index in [-0.39, 0.29) is 23.6 Å². The fourth-order valence-corrected chi connectivity index (χ4v) is 5.31. The van der Waals surface area contributed by atoms with Crippen molar-refractivity contribution >= 4 is 51.5 Å². The minimum atomic E-state index is -0.631. The van der Waals surface area contributed by atoms with Crippen LogP contribution in [0.4, 0.5) is 14.9 Å². The summed E-state index contributed by atoms with van der Waals surface area (Å²) in [5.41, 5.74) is 0.160. The smallest absolute Gasteiger partial charge is 0.410 e. The normalized spacial score (nSPS) is 17.4. The molecule has 0 unspecified atom stereocenters. The number of likely N-dealkylation sites (tertiary alicyclic amines) is 1. The fourth-order valence-electron chi connectivity index (χ4n) is 3.66. The van der Waals surface area contributed by atoms with Gasteiger partial charge >= 0.3 is 6.09 Å². The highest BCUT2D eigenvalue weighted by molar-refractivity contribution is 8.16. The summed E-state index contributed by atoms with van der Waals surface area (Å²) in [5.74, 6) is -0.404. The molecule has 4 rings (SSSR count). The minimum absolute atomic E-state index is 0.153. The Hall–Kier alpha value is -2.72. The highest BCUT2D eigenvalue weighted by Crippen LogP contribution is 2.36. The maximum Gasteiger partial charge on any atom is 0.410 e. The quantitative estimate of drug-likeness (QED) is 0.624. The van der Waals surface area contributed by atoms with Crippen LogP contribution >= 0.6 is 23.1 Å². The number of piperidine rings is 1. The van der Waals surface area contributed by atoms with E-state index >= 15 is 0 Å². The highest BCUT2D eigenvalue weighted by Gasteiger charge is 2.41. The standard InChI is InChI=1S/C24H27FN4O3S2/c1-23(2,3)32-22(31)29-12-10-24(11-13-29)27-20(18-5-4-14-33-18)21(28-24)34-15-19(30)26-17-8-6-16(25)7-9-17/h4-9,14H,10-13,15H2,1-3H3,(H,26,30). The van der Waals surface area contributed by atoms with Crippen LogP contribution in [0.5, 0.6) is 0 Å². The number of nitrogens with one attached hydrogen (secondary N) is 1. The van der Waals surface area contributed by atoms with Crippen molar-refractivity contribution in [2.75, 3.05) is 24.2 Å². The van der Waals surface area contributed by atoms with Crippen LogP contribution in [0.25, 0.3) is 0 Å². The number of carbonyl (C=O) groups excluding carboxylic acids is 2. The zero-order chi connectivity index (χ0) is 24.3. The van der Waals surface area contributed by atoms with Gasteiger partial charge in [-0.2, -0.15) is 0 Å². The number of anilines is 1. The molecule has 1 spiro atoms. The third-order valence-electron chi connectivity index (χ3n) is 5.27. The van der Waals surface area contributed by atoms with Gasteiger partial charge in [0.05, 0.1) is 10.6 Å². The average Bonchev–Trinajstić information content (AvgIpc) is 3.42. The number of halogens is 1. The number of nitrogens with zero attached hydrogens (tertiary/aromatic N) is 3. The lowest BCUT2D eigenvalue weighted by atomic mass is 9.99. The van der Waals surface area contributed by atoms with Crippen LogP contribution < -0.4 is 5.32 Å². The molecule has 1 saturated heterocycles. The average molecular weight is 503 g/mol. The number of hydrogen-bond acceptors (Lipinski definition) is 7. The van der Waals surface area contributed by atoms with Crippen LogP contribution in [0, 0.1) is 5.82 Å². The third-order valence-corrected chi connectivity index (χ3v) is 7.11. The summed E-state index contributed by atoms with van der Waals surface area (Å²) < 4.78 is 18.6. The summed E-state index contributed by atoms with van der Waals surface area (Å²) in [6.45, 7) is 6.56. The Balaban J connectivity index is 1.43. The van der Waals surface area contributed by atoms with Crippen molar-refractivity contribution in [2.24, 2.45) is 9.98 Å². The maximum atomic E-state index is 13.1. The van der Waals surface area contributed by atoms with E-state index < -0.39 is 11.3 Å². The van der Waals surface area contributed by atoms with Crippen molar-refractivity contribution in [3.8, 4) is 0 Å². The Morgan fingerprint density at radius 3 is 2.50 bits per heavy atom. The molecular formula is C24H27FN4O3S2. The van der Waals surface area contributed by atoms with Gasteiger partial charge in [0.2, 0.25) is 5.91 Å². The van der Waals surface area contributed by atoms with Crippen LogP contribution in [0.1, 0.15) is 38.5 Å². The first-order valence-electron chi connectivity index (χ1n) is 11.0. The van der Waals surface area contributed by atoms with Gasteiger partial charge < -0.3 is 15.0 Å². The first-order chi connectivity index (χ1) is 16.1. The molecule has 2 aliphatic rings. The summed E-state index contributed by atoms with van der Waals surface area (Å²) in [6, 6.07) is 9.61. The second-order valence-electron chi connectivity index (χ2n) is 9.15. The number of thiophene rings is 1. The molecule has 1 aromatic carbocycles. The summed E-state index contributed by atoms with van der Waals surface area (Å²) in [4.78, 5) is 37.6. The topological polar surface area (TPSA) is 83.4 Å². The van der Waals surface area contributed by atoms with Gasteiger partial charge in [-0.3, -0.25) is 9.79 Å². The van der Waals surface area contributed by atoms with Crippen molar-refractivity contribution in [1.82, 2.24) is 4.90 Å². The predicted octanol–water partition coefficient (Wildman–Crippen LogP) is 5.19. The van der Waals surface area contributed by atoms with Crippen LogP contribution in [0.2, 0.25) is 0 Å². The molecular weight excluding hydrogens is 475 g/mol. The second-order valence-corrected chi connectivity index (χ2v) is 11.1. The van der Waals surface area contributed by atoms with Gasteiger partial charge in [0, 0.05) is 31.6 Å². The van der Waals surface area contributed by atoms with Gasteiger partial charge in [-0.05, 0) is 56.5 Å². The first kappa shape index (κ1) is 24.4. The summed E-state index contributed by atoms with van der Waals surface area (Å²) in [5, 5.41) is 5.48. The largest absolute Gasteiger partial charge is 0.444 e. The summed E-state index contributed by atoms with van der Waals surface area (Å²) in [6.07, 6.45) is 0.860. The molecule has 34 heavy (non-hydrogen) atoms. The first-order valence-corrected chi connectivity index (χ1v) is 12.9. The van der Waals surface area contributed by atoms with Crippen LogP contribution in [0.15, 0.2) is 51.8 Å². The molecule has 0 aliphatic carbocycles. The van der Waals surface area contributed by atoms with Crippen molar-refractivity contribution in [3.63, 3.8) is 0 Å². The molecule has 10 heteroatoms. The monoisotopic (exact) mass is 502 g/mol. The molecule has 2 aliphatic heterocycles. The lowest BCUT2D eigenvalue weighted by Gasteiger charge is -2.36. The van der Waals surface area contributed by atoms with E-state index in [0.717, 1.165) is 15.6 Å². The molecule has 1 fully saturated rings. The number of benzene rings is 1. The Kier molecular flexibility index (Phi) is 7.09. The van der Waals surface area contributed by atoms with E-state index in [2.05, 4.69) is 5.32 Å². The predicted molar refractivity (Wildman–Crippen MR) is 136 cm³/mol. The van der Waals surface area contributed by atoms with Crippen molar-refractivity contribution in [3.05, 3.63) is 52.5 Å². The SMILES string of the molecule is CC(C)(C)OC(=O)N1CCC2(CC1)N=C(SCC(=O)Nc1ccc(F)cc1)C(c1cccs1)=N2. The minimum Gasteiger partial charge on any atom is -0.444 e. The van der Waals surface area contributed by atoms with Crippen LogP contribution in [0.3, 0.4) is 0 Å². The Morgan fingerprint density at radius 1 is 1.18 bits per heavy atom. The maximum absolute atomic E-state index is 13.1. The van der Waals surface area contributed by atoms with Gasteiger partial charge in [-0.1, -0.05) is 17.8 Å². The van der Waals surface area contributed by atoms with Gasteiger partial charge in [-0.15, -0.1) is 11.3 Å². The number of thioether (sulfide) groups is 1. The lowest BCUT2D eigenvalue weighted by molar-refractivity contribution is -0.113. The molecule has 1 N–H and O–H groups in total. The molecule has 7 nitrogen and oxygen atoms in total. The van der Waals surface area contributed by atoms with Crippen molar-refractivity contribution in [2.45, 2.75) is 44.9 Å². The number of amides is 2. The molecule has 0 bridgehead atoms. The number of hydrogen-bond donors (Lipinski definition) is 1. The number of aliphatic imine (C=N–C) groups is 2. The third kappa shape index (κ3) is 6.04. The van der Waals surface area contributed by atoms with E-state index in [1.807, 2.05) is 38.3 Å². The van der Waals surface area contributed by atoms with Gasteiger partial charge in [-0.25, -0.2) is 14.2 Å². The number of carbonyl (C=O) groups is 2. The zero-order valence-electron chi connectivity index (χ0n) is 19.3. The van der Waals surface area contributed by atoms with E-state index in [0.29, 0.717) is 31.6 Å². The molecule has 1 aromatic heterocycles. The van der Waals surface area contributed by atoms with Gasteiger partial charge in [0.1, 0.15) is 22.2 Å². The van der Waals surface area contributed by atoms with E-state index in [9.17, 15) is 14.0 Å². The summed E-state index contributed by atoms with van der Waals surface area (Å²) >= 11 is 2.91. The van der Waals surface area contributed by atoms with Crippen LogP contribution in [-0.2, 0) is 9.53 Å². The Morgan fingerprint density at radius 2 is 1.88 bits per heavy atom. The van der Waals surface area contributed by atoms with Crippen molar-refractivity contribution < 1.29 is 18.7 Å². The van der Waals surface area contributed by atoms with Gasteiger partial charge in [0.25, 0.3) is 0 Å². The lowest BCUT2D eigenvalue weighted by Crippen LogP contribution is -2.46. The number of rotatable bonds is 4. The molecule has 2 aromatic rings. The van der Waals surface area contributed by atoms with E-state index in [4.69, 9.17) is 14.7 Å². The van der Waals surface area contributed by atoms with Crippen molar-refractivity contribution in [1.29, 1.82) is 0 Å². The molecule has 0 saturated carbocycles. The highest BCUT2D eigenvalue weighted by atomic mass is 32.2. The van der Waals surface area contributed by atoms with Gasteiger partial charge in [0.15, 0.2) is 5.66 Å². The molecule has 0 radical (unpaired) electrons.